The first-order chi connectivity index (χ1) is 13.3. The van der Waals surface area contributed by atoms with Gasteiger partial charge in [0.2, 0.25) is 5.75 Å². The Hall–Kier alpha value is -2.24. The van der Waals surface area contributed by atoms with E-state index in [0.29, 0.717) is 25.1 Å². The van der Waals surface area contributed by atoms with Gasteiger partial charge in [0.25, 0.3) is 0 Å². The molecule has 27 heavy (non-hydrogen) atoms. The minimum absolute atomic E-state index is 0.303. The Morgan fingerprint density at radius 3 is 2.44 bits per heavy atom. The van der Waals surface area contributed by atoms with Crippen LogP contribution < -0.4 is 14.2 Å². The number of benzene rings is 2. The summed E-state index contributed by atoms with van der Waals surface area (Å²) in [5.74, 6) is 2.20. The van der Waals surface area contributed by atoms with Crippen LogP contribution in [0, 0.1) is 0 Å². The number of fused-ring (bicyclic) bond motifs is 3. The molecule has 1 aliphatic carbocycles. The Morgan fingerprint density at radius 2 is 1.74 bits per heavy atom. The maximum atomic E-state index is 5.79. The molecule has 4 rings (SSSR count). The summed E-state index contributed by atoms with van der Waals surface area (Å²) in [6.45, 7) is 2.21. The molecular formula is C22H26O5. The minimum Gasteiger partial charge on any atom is -0.492 e. The molecule has 1 aliphatic heterocycles. The fourth-order valence-electron chi connectivity index (χ4n) is 3.97. The van der Waals surface area contributed by atoms with Gasteiger partial charge >= 0.3 is 0 Å². The Bertz CT molecular complexity index is 826. The van der Waals surface area contributed by atoms with Crippen LogP contribution in [0.25, 0.3) is 11.1 Å². The van der Waals surface area contributed by atoms with Crippen LogP contribution in [-0.4, -0.2) is 47.3 Å². The van der Waals surface area contributed by atoms with Crippen molar-refractivity contribution in [2.75, 3.05) is 41.2 Å². The SMILES string of the molecule is COc1c(CCCOCC2CO2)c2c(c(OC)c1OC)Cc1ccccc1-2. The third kappa shape index (κ3) is 3.37. The van der Waals surface area contributed by atoms with Gasteiger partial charge in [0.1, 0.15) is 6.10 Å². The number of methoxy groups -OCH3 is 3. The zero-order chi connectivity index (χ0) is 18.8. The third-order valence-corrected chi connectivity index (χ3v) is 5.25. The summed E-state index contributed by atoms with van der Waals surface area (Å²) in [7, 11) is 5.04. The summed E-state index contributed by atoms with van der Waals surface area (Å²) < 4.78 is 28.1. The van der Waals surface area contributed by atoms with E-state index >= 15 is 0 Å². The topological polar surface area (TPSA) is 49.5 Å². The lowest BCUT2D eigenvalue weighted by atomic mass is 9.94. The fraction of sp³-hybridized carbons (Fsp3) is 0.455. The molecule has 2 aliphatic rings. The molecule has 0 N–H and O–H groups in total. The molecule has 1 heterocycles. The predicted octanol–water partition coefficient (Wildman–Crippen LogP) is 3.63. The van der Waals surface area contributed by atoms with Crippen molar-refractivity contribution in [3.8, 4) is 28.4 Å². The van der Waals surface area contributed by atoms with E-state index < -0.39 is 0 Å². The summed E-state index contributed by atoms with van der Waals surface area (Å²) in [6.07, 6.45) is 2.91. The molecular weight excluding hydrogens is 344 g/mol. The van der Waals surface area contributed by atoms with Crippen molar-refractivity contribution in [2.45, 2.75) is 25.4 Å². The first kappa shape index (κ1) is 18.1. The van der Waals surface area contributed by atoms with Crippen LogP contribution in [-0.2, 0) is 22.3 Å². The molecule has 1 fully saturated rings. The fourth-order valence-corrected chi connectivity index (χ4v) is 3.97. The highest BCUT2D eigenvalue weighted by Crippen LogP contribution is 2.53. The number of epoxide rings is 1. The third-order valence-electron chi connectivity index (χ3n) is 5.25. The Morgan fingerprint density at radius 1 is 1.00 bits per heavy atom. The van der Waals surface area contributed by atoms with E-state index in [9.17, 15) is 0 Å². The number of rotatable bonds is 9. The van der Waals surface area contributed by atoms with E-state index in [1.54, 1.807) is 21.3 Å². The van der Waals surface area contributed by atoms with Crippen LogP contribution in [0.4, 0.5) is 0 Å². The van der Waals surface area contributed by atoms with Crippen molar-refractivity contribution in [3.05, 3.63) is 41.0 Å². The largest absolute Gasteiger partial charge is 0.492 e. The van der Waals surface area contributed by atoms with E-state index in [1.807, 2.05) is 0 Å². The van der Waals surface area contributed by atoms with Gasteiger partial charge in [-0.3, -0.25) is 0 Å². The summed E-state index contributed by atoms with van der Waals surface area (Å²) in [6, 6.07) is 8.52. The average molecular weight is 370 g/mol. The smallest absolute Gasteiger partial charge is 0.203 e. The number of hydrogen-bond donors (Lipinski definition) is 0. The van der Waals surface area contributed by atoms with Crippen LogP contribution in [0.15, 0.2) is 24.3 Å². The highest BCUT2D eigenvalue weighted by Gasteiger charge is 2.31. The van der Waals surface area contributed by atoms with Crippen molar-refractivity contribution in [3.63, 3.8) is 0 Å². The molecule has 144 valence electrons. The molecule has 0 saturated carbocycles. The molecule has 0 amide bonds. The lowest BCUT2D eigenvalue weighted by molar-refractivity contribution is 0.114. The highest BCUT2D eigenvalue weighted by molar-refractivity contribution is 5.86. The van der Waals surface area contributed by atoms with E-state index in [2.05, 4.69) is 24.3 Å². The predicted molar refractivity (Wildman–Crippen MR) is 103 cm³/mol. The lowest BCUT2D eigenvalue weighted by Crippen LogP contribution is -2.06. The van der Waals surface area contributed by atoms with Crippen molar-refractivity contribution >= 4 is 0 Å². The molecule has 5 heteroatoms. The van der Waals surface area contributed by atoms with Gasteiger partial charge in [0.15, 0.2) is 11.5 Å². The Kier molecular flexibility index (Phi) is 5.23. The second kappa shape index (κ2) is 7.79. The zero-order valence-corrected chi connectivity index (χ0v) is 16.2. The minimum atomic E-state index is 0.303. The highest BCUT2D eigenvalue weighted by atomic mass is 16.6. The van der Waals surface area contributed by atoms with Gasteiger partial charge in [-0.1, -0.05) is 24.3 Å². The molecule has 0 bridgehead atoms. The van der Waals surface area contributed by atoms with Gasteiger partial charge in [-0.2, -0.15) is 0 Å². The summed E-state index contributed by atoms with van der Waals surface area (Å²) in [5.41, 5.74) is 6.14. The lowest BCUT2D eigenvalue weighted by Gasteiger charge is -2.21. The van der Waals surface area contributed by atoms with Gasteiger partial charge < -0.3 is 23.7 Å². The van der Waals surface area contributed by atoms with E-state index in [0.717, 1.165) is 37.4 Å². The van der Waals surface area contributed by atoms with Crippen LogP contribution in [0.1, 0.15) is 23.1 Å². The molecule has 1 saturated heterocycles. The van der Waals surface area contributed by atoms with Crippen LogP contribution in [0.3, 0.4) is 0 Å². The molecule has 2 aromatic rings. The standard InChI is InChI=1S/C22H26O5/c1-23-20-17(9-6-10-26-12-15-13-27-15)19-16-8-5-4-7-14(16)11-18(19)21(24-2)22(20)25-3/h4-5,7-8,15H,6,9-13H2,1-3H3. The Labute approximate surface area is 160 Å². The molecule has 5 nitrogen and oxygen atoms in total. The molecule has 0 spiro atoms. The normalized spacial score (nSPS) is 16.6. The maximum Gasteiger partial charge on any atom is 0.203 e. The van der Waals surface area contributed by atoms with E-state index in [1.165, 1.54) is 27.8 Å². The van der Waals surface area contributed by atoms with Gasteiger partial charge in [-0.05, 0) is 29.5 Å². The van der Waals surface area contributed by atoms with Gasteiger partial charge in [0.05, 0.1) is 34.5 Å². The number of hydrogen-bond acceptors (Lipinski definition) is 5. The molecule has 2 aromatic carbocycles. The van der Waals surface area contributed by atoms with Crippen molar-refractivity contribution < 1.29 is 23.7 Å². The molecule has 1 unspecified atom stereocenters. The number of ether oxygens (including phenoxy) is 5. The first-order valence-electron chi connectivity index (χ1n) is 9.39. The quantitative estimate of drug-likeness (QED) is 0.425. The zero-order valence-electron chi connectivity index (χ0n) is 16.2. The van der Waals surface area contributed by atoms with Gasteiger partial charge in [0, 0.05) is 24.2 Å². The van der Waals surface area contributed by atoms with E-state index in [-0.39, 0.29) is 0 Å². The molecule has 0 radical (unpaired) electrons. The maximum absolute atomic E-state index is 5.79. The Balaban J connectivity index is 1.70. The van der Waals surface area contributed by atoms with Crippen LogP contribution in [0.5, 0.6) is 17.2 Å². The van der Waals surface area contributed by atoms with Gasteiger partial charge in [-0.25, -0.2) is 0 Å². The monoisotopic (exact) mass is 370 g/mol. The van der Waals surface area contributed by atoms with Crippen LogP contribution in [0.2, 0.25) is 0 Å². The van der Waals surface area contributed by atoms with Crippen molar-refractivity contribution in [1.82, 2.24) is 0 Å². The van der Waals surface area contributed by atoms with E-state index in [4.69, 9.17) is 23.7 Å². The van der Waals surface area contributed by atoms with Gasteiger partial charge in [-0.15, -0.1) is 0 Å². The second-order valence-electron chi connectivity index (χ2n) is 6.90. The average Bonchev–Trinajstić information content (AvgIpc) is 3.44. The molecule has 0 aromatic heterocycles. The summed E-state index contributed by atoms with van der Waals surface area (Å²) in [4.78, 5) is 0. The van der Waals surface area contributed by atoms with Crippen molar-refractivity contribution in [1.29, 1.82) is 0 Å². The first-order valence-corrected chi connectivity index (χ1v) is 9.39. The van der Waals surface area contributed by atoms with Crippen LogP contribution >= 0.6 is 0 Å². The summed E-state index contributed by atoms with van der Waals surface area (Å²) >= 11 is 0. The molecule has 1 atom stereocenters. The summed E-state index contributed by atoms with van der Waals surface area (Å²) in [5, 5.41) is 0. The van der Waals surface area contributed by atoms with Crippen molar-refractivity contribution in [2.24, 2.45) is 0 Å². The second-order valence-corrected chi connectivity index (χ2v) is 6.90.